The summed E-state index contributed by atoms with van der Waals surface area (Å²) in [5, 5.41) is 11.2. The Kier molecular flexibility index (Phi) is 5.51. The van der Waals surface area contributed by atoms with Crippen LogP contribution in [0.15, 0.2) is 28.6 Å². The zero-order valence-electron chi connectivity index (χ0n) is 11.3. The van der Waals surface area contributed by atoms with Gasteiger partial charge in [-0.1, -0.05) is 29.9 Å². The number of nitrogens with zero attached hydrogens (tertiary/aromatic N) is 2. The van der Waals surface area contributed by atoms with Gasteiger partial charge in [-0.2, -0.15) is 0 Å². The number of anilines is 1. The zero-order chi connectivity index (χ0) is 15.3. The van der Waals surface area contributed by atoms with Gasteiger partial charge in [0.25, 0.3) is 10.0 Å². The second-order valence-electron chi connectivity index (χ2n) is 4.28. The smallest absolute Gasteiger partial charge is 0.263 e. The van der Waals surface area contributed by atoms with E-state index in [1.807, 2.05) is 0 Å². The van der Waals surface area contributed by atoms with Crippen LogP contribution in [0.2, 0.25) is 5.02 Å². The van der Waals surface area contributed by atoms with Gasteiger partial charge in [-0.05, 0) is 36.7 Å². The summed E-state index contributed by atoms with van der Waals surface area (Å²) < 4.78 is 26.9. The molecule has 0 amide bonds. The van der Waals surface area contributed by atoms with Crippen LogP contribution in [0.5, 0.6) is 0 Å². The van der Waals surface area contributed by atoms with Gasteiger partial charge >= 0.3 is 0 Å². The van der Waals surface area contributed by atoms with Crippen molar-refractivity contribution in [1.29, 1.82) is 0 Å². The minimum atomic E-state index is -3.68. The van der Waals surface area contributed by atoms with Gasteiger partial charge in [0.05, 0.1) is 4.90 Å². The van der Waals surface area contributed by atoms with E-state index in [-0.39, 0.29) is 10.0 Å². The van der Waals surface area contributed by atoms with Crippen molar-refractivity contribution in [1.82, 2.24) is 15.5 Å². The fourth-order valence-electron chi connectivity index (χ4n) is 1.64. The third-order valence-corrected chi connectivity index (χ3v) is 5.09. The molecule has 0 aliphatic carbocycles. The first-order chi connectivity index (χ1) is 10.0. The molecule has 0 atom stereocenters. The fourth-order valence-corrected chi connectivity index (χ4v) is 3.57. The largest absolute Gasteiger partial charge is 0.313 e. The molecule has 0 aliphatic rings. The Morgan fingerprint density at radius 2 is 2.19 bits per heavy atom. The van der Waals surface area contributed by atoms with Gasteiger partial charge in [0.15, 0.2) is 0 Å². The summed E-state index contributed by atoms with van der Waals surface area (Å²) in [6, 6.07) is 4.61. The highest BCUT2D eigenvalue weighted by Gasteiger charge is 2.17. The molecule has 0 fully saturated rings. The predicted molar refractivity (Wildman–Crippen MR) is 84.2 cm³/mol. The molecule has 21 heavy (non-hydrogen) atoms. The highest BCUT2D eigenvalue weighted by atomic mass is 35.5. The summed E-state index contributed by atoms with van der Waals surface area (Å²) in [4.78, 5) is 0.149. The van der Waals surface area contributed by atoms with Crippen molar-refractivity contribution in [2.24, 2.45) is 0 Å². The molecule has 2 rings (SSSR count). The Labute approximate surface area is 132 Å². The van der Waals surface area contributed by atoms with Gasteiger partial charge in [-0.25, -0.2) is 8.42 Å². The molecule has 6 nitrogen and oxygen atoms in total. The number of sulfonamides is 1. The molecule has 2 N–H and O–H groups in total. The van der Waals surface area contributed by atoms with Crippen LogP contribution >= 0.6 is 22.9 Å². The number of rotatable bonds is 7. The van der Waals surface area contributed by atoms with Gasteiger partial charge in [0.1, 0.15) is 5.51 Å². The molecule has 114 valence electrons. The van der Waals surface area contributed by atoms with Crippen molar-refractivity contribution in [3.05, 3.63) is 34.3 Å². The van der Waals surface area contributed by atoms with Crippen LogP contribution in [-0.2, 0) is 16.6 Å². The van der Waals surface area contributed by atoms with Gasteiger partial charge in [0.2, 0.25) is 5.13 Å². The topological polar surface area (TPSA) is 84.0 Å². The molecule has 0 radical (unpaired) electrons. The Hall–Kier alpha value is -1.22. The second-order valence-corrected chi connectivity index (χ2v) is 7.20. The van der Waals surface area contributed by atoms with Gasteiger partial charge in [-0.3, -0.25) is 4.72 Å². The average Bonchev–Trinajstić information content (AvgIpc) is 2.93. The fraction of sp³-hybridized carbons (Fsp3) is 0.333. The van der Waals surface area contributed by atoms with Crippen LogP contribution in [0.3, 0.4) is 0 Å². The average molecular weight is 347 g/mol. The number of benzene rings is 1. The van der Waals surface area contributed by atoms with Crippen molar-refractivity contribution in [3.8, 4) is 0 Å². The summed E-state index contributed by atoms with van der Waals surface area (Å²) in [6.07, 6.45) is 0.994. The minimum Gasteiger partial charge on any atom is -0.313 e. The lowest BCUT2D eigenvalue weighted by atomic mass is 10.2. The molecule has 0 saturated heterocycles. The van der Waals surface area contributed by atoms with Crippen LogP contribution in [-0.4, -0.2) is 25.2 Å². The number of halogens is 1. The van der Waals surface area contributed by atoms with E-state index in [0.29, 0.717) is 11.6 Å². The normalized spacial score (nSPS) is 11.5. The second kappa shape index (κ2) is 7.17. The van der Waals surface area contributed by atoms with Crippen molar-refractivity contribution < 1.29 is 8.42 Å². The minimum absolute atomic E-state index is 0.149. The first kappa shape index (κ1) is 16.2. The lowest BCUT2D eigenvalue weighted by Gasteiger charge is -2.09. The molecule has 0 aliphatic heterocycles. The molecule has 2 aromatic rings. The Morgan fingerprint density at radius 1 is 1.38 bits per heavy atom. The van der Waals surface area contributed by atoms with Gasteiger partial charge in [-0.15, -0.1) is 10.2 Å². The van der Waals surface area contributed by atoms with E-state index in [1.165, 1.54) is 11.6 Å². The quantitative estimate of drug-likeness (QED) is 0.752. The van der Waals surface area contributed by atoms with E-state index in [2.05, 4.69) is 27.2 Å². The third kappa shape index (κ3) is 4.37. The summed E-state index contributed by atoms with van der Waals surface area (Å²) in [5.74, 6) is 0. The van der Waals surface area contributed by atoms with Crippen LogP contribution in [0.25, 0.3) is 0 Å². The maximum absolute atomic E-state index is 12.3. The number of hydrogen-bond acceptors (Lipinski definition) is 6. The van der Waals surface area contributed by atoms with Crippen molar-refractivity contribution >= 4 is 38.1 Å². The molecular weight excluding hydrogens is 332 g/mol. The van der Waals surface area contributed by atoms with Crippen LogP contribution in [0.1, 0.15) is 18.9 Å². The lowest BCUT2D eigenvalue weighted by Crippen LogP contribution is -2.16. The lowest BCUT2D eigenvalue weighted by molar-refractivity contribution is 0.600. The highest BCUT2D eigenvalue weighted by molar-refractivity contribution is 7.93. The standard InChI is InChI=1S/C12H15ClN4O2S2/c1-2-5-14-7-9-6-10(3-4-11(9)13)21(18,19)17-12-16-15-8-20-12/h3-4,6,8,14H,2,5,7H2,1H3,(H,16,17). The molecule has 1 heterocycles. The van der Waals surface area contributed by atoms with Crippen LogP contribution < -0.4 is 10.0 Å². The van der Waals surface area contributed by atoms with Gasteiger partial charge < -0.3 is 5.32 Å². The zero-order valence-corrected chi connectivity index (χ0v) is 13.7. The maximum Gasteiger partial charge on any atom is 0.263 e. The van der Waals surface area contributed by atoms with Crippen molar-refractivity contribution in [3.63, 3.8) is 0 Å². The predicted octanol–water partition coefficient (Wildman–Crippen LogP) is 2.49. The highest BCUT2D eigenvalue weighted by Crippen LogP contribution is 2.22. The van der Waals surface area contributed by atoms with E-state index in [1.54, 1.807) is 12.1 Å². The molecule has 0 spiro atoms. The molecular formula is C12H15ClN4O2S2. The summed E-state index contributed by atoms with van der Waals surface area (Å²) >= 11 is 7.21. The molecule has 0 unspecified atom stereocenters. The molecule has 9 heteroatoms. The first-order valence-corrected chi connectivity index (χ1v) is 9.05. The number of nitrogens with one attached hydrogen (secondary N) is 2. The number of aromatic nitrogens is 2. The van der Waals surface area contributed by atoms with E-state index in [9.17, 15) is 8.42 Å². The molecule has 1 aromatic heterocycles. The Bertz CT molecular complexity index is 689. The van der Waals surface area contributed by atoms with Gasteiger partial charge in [0, 0.05) is 11.6 Å². The Balaban J connectivity index is 2.20. The van der Waals surface area contributed by atoms with Crippen molar-refractivity contribution in [2.45, 2.75) is 24.8 Å². The van der Waals surface area contributed by atoms with E-state index >= 15 is 0 Å². The van der Waals surface area contributed by atoms with Crippen LogP contribution in [0.4, 0.5) is 5.13 Å². The summed E-state index contributed by atoms with van der Waals surface area (Å²) in [6.45, 7) is 3.42. The third-order valence-electron chi connectivity index (χ3n) is 2.65. The SMILES string of the molecule is CCCNCc1cc(S(=O)(=O)Nc2nncs2)ccc1Cl. The van der Waals surface area contributed by atoms with E-state index in [0.717, 1.165) is 29.9 Å². The molecule has 0 bridgehead atoms. The maximum atomic E-state index is 12.3. The monoisotopic (exact) mass is 346 g/mol. The number of hydrogen-bond donors (Lipinski definition) is 2. The summed E-state index contributed by atoms with van der Waals surface area (Å²) in [7, 11) is -3.68. The first-order valence-electron chi connectivity index (χ1n) is 6.31. The van der Waals surface area contributed by atoms with E-state index in [4.69, 9.17) is 11.6 Å². The molecule has 1 aromatic carbocycles. The molecule has 0 saturated carbocycles. The van der Waals surface area contributed by atoms with Crippen molar-refractivity contribution in [2.75, 3.05) is 11.3 Å². The Morgan fingerprint density at radius 3 is 2.86 bits per heavy atom. The van der Waals surface area contributed by atoms with E-state index < -0.39 is 10.0 Å². The van der Waals surface area contributed by atoms with Crippen LogP contribution in [0, 0.1) is 0 Å². The summed E-state index contributed by atoms with van der Waals surface area (Å²) in [5.41, 5.74) is 2.20.